The van der Waals surface area contributed by atoms with Gasteiger partial charge in [0.2, 0.25) is 0 Å². The Morgan fingerprint density at radius 1 is 1.06 bits per heavy atom. The summed E-state index contributed by atoms with van der Waals surface area (Å²) in [7, 11) is 0. The van der Waals surface area contributed by atoms with Gasteiger partial charge in [0.1, 0.15) is 6.07 Å². The van der Waals surface area contributed by atoms with E-state index in [9.17, 15) is 5.26 Å². The maximum absolute atomic E-state index is 9.19. The lowest BCUT2D eigenvalue weighted by Crippen LogP contribution is -1.87. The highest BCUT2D eigenvalue weighted by Gasteiger charge is 2.11. The highest BCUT2D eigenvalue weighted by molar-refractivity contribution is 9.10. The van der Waals surface area contributed by atoms with Gasteiger partial charge >= 0.3 is 0 Å². The zero-order valence-corrected chi connectivity index (χ0v) is 11.1. The van der Waals surface area contributed by atoms with Crippen molar-refractivity contribution in [2.24, 2.45) is 0 Å². The summed E-state index contributed by atoms with van der Waals surface area (Å²) in [6, 6.07) is 18.1. The van der Waals surface area contributed by atoms with Gasteiger partial charge in [0.15, 0.2) is 0 Å². The molecule has 2 nitrogen and oxygen atoms in total. The molecular formula is C15H9BrN2. The molecule has 0 atom stereocenters. The van der Waals surface area contributed by atoms with Crippen LogP contribution in [0, 0.1) is 11.3 Å². The van der Waals surface area contributed by atoms with E-state index in [-0.39, 0.29) is 0 Å². The van der Waals surface area contributed by atoms with Crippen molar-refractivity contribution in [2.45, 2.75) is 0 Å². The molecule has 0 unspecified atom stereocenters. The van der Waals surface area contributed by atoms with Crippen LogP contribution in [0.2, 0.25) is 0 Å². The normalized spacial score (nSPS) is 10.4. The number of nitriles is 1. The van der Waals surface area contributed by atoms with Gasteiger partial charge in [-0.25, -0.2) is 0 Å². The Morgan fingerprint density at radius 2 is 1.83 bits per heavy atom. The number of rotatable bonds is 1. The lowest BCUT2D eigenvalue weighted by molar-refractivity contribution is 1.20. The second-order valence-corrected chi connectivity index (χ2v) is 4.85. The van der Waals surface area contributed by atoms with Gasteiger partial charge in [0.25, 0.3) is 0 Å². The summed E-state index contributed by atoms with van der Waals surface area (Å²) >= 11 is 3.55. The van der Waals surface area contributed by atoms with Crippen molar-refractivity contribution < 1.29 is 0 Å². The van der Waals surface area contributed by atoms with E-state index >= 15 is 0 Å². The molecule has 0 aliphatic rings. The average Bonchev–Trinajstić information content (AvgIpc) is 2.78. The predicted molar refractivity (Wildman–Crippen MR) is 75.2 cm³/mol. The highest BCUT2D eigenvalue weighted by atomic mass is 79.9. The Balaban J connectivity index is 2.38. The van der Waals surface area contributed by atoms with Crippen molar-refractivity contribution in [3.05, 3.63) is 64.8 Å². The van der Waals surface area contributed by atoms with Crippen LogP contribution in [0.25, 0.3) is 16.8 Å². The number of halogens is 1. The van der Waals surface area contributed by atoms with Gasteiger partial charge in [0, 0.05) is 16.2 Å². The van der Waals surface area contributed by atoms with Crippen LogP contribution in [0.5, 0.6) is 0 Å². The molecule has 2 heterocycles. The Morgan fingerprint density at radius 3 is 2.61 bits per heavy atom. The van der Waals surface area contributed by atoms with Crippen molar-refractivity contribution in [1.82, 2.24) is 4.40 Å². The summed E-state index contributed by atoms with van der Waals surface area (Å²) in [5.74, 6) is 0. The zero-order chi connectivity index (χ0) is 12.5. The van der Waals surface area contributed by atoms with Crippen LogP contribution in [0.3, 0.4) is 0 Å². The fraction of sp³-hybridized carbons (Fsp3) is 0. The molecule has 0 bridgehead atoms. The minimum Gasteiger partial charge on any atom is -0.315 e. The number of aromatic nitrogens is 1. The molecule has 2 aromatic heterocycles. The quantitative estimate of drug-likeness (QED) is 0.660. The molecule has 86 valence electrons. The first kappa shape index (κ1) is 11.1. The predicted octanol–water partition coefficient (Wildman–Crippen LogP) is 4.24. The third kappa shape index (κ3) is 1.62. The number of hydrogen-bond donors (Lipinski definition) is 0. The summed E-state index contributed by atoms with van der Waals surface area (Å²) in [6.07, 6.45) is 1.98. The summed E-state index contributed by atoms with van der Waals surface area (Å²) in [4.78, 5) is 0. The monoisotopic (exact) mass is 296 g/mol. The number of nitrogens with zero attached hydrogens (tertiary/aromatic N) is 2. The molecule has 3 rings (SSSR count). The van der Waals surface area contributed by atoms with Crippen LogP contribution < -0.4 is 0 Å². The third-order valence-electron chi connectivity index (χ3n) is 2.95. The maximum Gasteiger partial charge on any atom is 0.101 e. The van der Waals surface area contributed by atoms with Crippen molar-refractivity contribution in [2.75, 3.05) is 0 Å². The van der Waals surface area contributed by atoms with E-state index in [1.54, 1.807) is 0 Å². The number of benzene rings is 1. The second kappa shape index (κ2) is 4.32. The third-order valence-corrected chi connectivity index (χ3v) is 3.64. The van der Waals surface area contributed by atoms with E-state index in [2.05, 4.69) is 22.0 Å². The summed E-state index contributed by atoms with van der Waals surface area (Å²) in [6.45, 7) is 0. The Hall–Kier alpha value is -2.05. The second-order valence-electron chi connectivity index (χ2n) is 3.99. The molecule has 0 fully saturated rings. The molecule has 3 heteroatoms. The minimum absolute atomic E-state index is 0.696. The SMILES string of the molecule is N#Cc1cc(-c2ccccc2Br)n2ccccc12. The zero-order valence-electron chi connectivity index (χ0n) is 9.47. The Bertz CT molecular complexity index is 766. The number of pyridine rings is 1. The topological polar surface area (TPSA) is 28.2 Å². The largest absolute Gasteiger partial charge is 0.315 e. The molecule has 0 N–H and O–H groups in total. The summed E-state index contributed by atoms with van der Waals surface area (Å²) < 4.78 is 3.07. The molecule has 0 saturated carbocycles. The van der Waals surface area contributed by atoms with Crippen molar-refractivity contribution in [3.8, 4) is 17.3 Å². The van der Waals surface area contributed by atoms with Crippen molar-refractivity contribution in [1.29, 1.82) is 5.26 Å². The van der Waals surface area contributed by atoms with Gasteiger partial charge in [-0.2, -0.15) is 5.26 Å². The van der Waals surface area contributed by atoms with Gasteiger partial charge in [-0.15, -0.1) is 0 Å². The van der Waals surface area contributed by atoms with E-state index in [4.69, 9.17) is 0 Å². The van der Waals surface area contributed by atoms with Crippen LogP contribution in [-0.2, 0) is 0 Å². The Kier molecular flexibility index (Phi) is 2.66. The molecule has 0 aliphatic heterocycles. The van der Waals surface area contributed by atoms with Gasteiger partial charge < -0.3 is 4.40 Å². The van der Waals surface area contributed by atoms with Crippen molar-refractivity contribution >= 4 is 21.4 Å². The van der Waals surface area contributed by atoms with Gasteiger partial charge in [0.05, 0.1) is 16.8 Å². The lowest BCUT2D eigenvalue weighted by atomic mass is 10.1. The summed E-state index contributed by atoms with van der Waals surface area (Å²) in [5, 5.41) is 9.19. The smallest absolute Gasteiger partial charge is 0.101 e. The minimum atomic E-state index is 0.696. The first-order valence-corrected chi connectivity index (χ1v) is 6.35. The average molecular weight is 297 g/mol. The highest BCUT2D eigenvalue weighted by Crippen LogP contribution is 2.31. The van der Waals surface area contributed by atoms with Crippen LogP contribution >= 0.6 is 15.9 Å². The first-order valence-electron chi connectivity index (χ1n) is 5.56. The van der Waals surface area contributed by atoms with E-state index in [0.29, 0.717) is 5.56 Å². The van der Waals surface area contributed by atoms with Gasteiger partial charge in [-0.05, 0) is 24.3 Å². The van der Waals surface area contributed by atoms with E-state index < -0.39 is 0 Å². The molecule has 18 heavy (non-hydrogen) atoms. The van der Waals surface area contributed by atoms with Gasteiger partial charge in [-0.3, -0.25) is 0 Å². The molecule has 3 aromatic rings. The lowest BCUT2D eigenvalue weighted by Gasteiger charge is -2.04. The molecular weight excluding hydrogens is 288 g/mol. The van der Waals surface area contributed by atoms with E-state index in [0.717, 1.165) is 21.2 Å². The van der Waals surface area contributed by atoms with Crippen LogP contribution in [-0.4, -0.2) is 4.40 Å². The fourth-order valence-electron chi connectivity index (χ4n) is 2.12. The number of hydrogen-bond acceptors (Lipinski definition) is 1. The molecule has 0 spiro atoms. The van der Waals surface area contributed by atoms with Crippen LogP contribution in [0.15, 0.2) is 59.2 Å². The van der Waals surface area contributed by atoms with Crippen molar-refractivity contribution in [3.63, 3.8) is 0 Å². The van der Waals surface area contributed by atoms with E-state index in [1.165, 1.54) is 0 Å². The van der Waals surface area contributed by atoms with Crippen LogP contribution in [0.1, 0.15) is 5.56 Å². The molecule has 1 aromatic carbocycles. The first-order chi connectivity index (χ1) is 8.81. The van der Waals surface area contributed by atoms with E-state index in [1.807, 2.05) is 59.1 Å². The summed E-state index contributed by atoms with van der Waals surface area (Å²) in [5.41, 5.74) is 3.74. The van der Waals surface area contributed by atoms with Crippen LogP contribution in [0.4, 0.5) is 0 Å². The maximum atomic E-state index is 9.19. The molecule has 0 radical (unpaired) electrons. The van der Waals surface area contributed by atoms with Gasteiger partial charge in [-0.1, -0.05) is 40.2 Å². The molecule has 0 saturated heterocycles. The molecule has 0 aliphatic carbocycles. The standard InChI is InChI=1S/C15H9BrN2/c16-13-6-2-1-5-12(13)15-9-11(10-17)14-7-3-4-8-18(14)15/h1-9H. The Labute approximate surface area is 113 Å². The fourth-order valence-corrected chi connectivity index (χ4v) is 2.61. The molecule has 0 amide bonds. The number of fused-ring (bicyclic) bond motifs is 1.